The summed E-state index contributed by atoms with van der Waals surface area (Å²) in [5.74, 6) is 0. The van der Waals surface area contributed by atoms with Crippen LogP contribution in [0.25, 0.3) is 0 Å². The Bertz CT molecular complexity index is 67.0. The van der Waals surface area contributed by atoms with Crippen LogP contribution in [0.4, 0.5) is 0 Å². The Morgan fingerprint density at radius 1 is 0.125 bits per heavy atom. The quantitative estimate of drug-likeness (QED) is 0.269. The summed E-state index contributed by atoms with van der Waals surface area (Å²) in [5.41, 5.74) is 0. The molecule has 0 aromatic carbocycles. The van der Waals surface area contributed by atoms with Crippen LogP contribution in [0, 0.1) is 0 Å². The minimum atomic E-state index is 0.611. The first-order valence-corrected chi connectivity index (χ1v) is 10.4. The van der Waals surface area contributed by atoms with Crippen molar-refractivity contribution in [1.82, 2.24) is 0 Å². The van der Waals surface area contributed by atoms with Gasteiger partial charge in [0, 0.05) is 0 Å². The van der Waals surface area contributed by atoms with Gasteiger partial charge in [-0.15, -0.1) is 0 Å². The van der Waals surface area contributed by atoms with Gasteiger partial charge in [0.15, 0.2) is 0 Å². The molecule has 0 aliphatic carbocycles. The molecule has 0 aliphatic heterocycles. The molecule has 0 aromatic rings. The van der Waals surface area contributed by atoms with Crippen LogP contribution in [0.1, 0.15) is 0 Å². The van der Waals surface area contributed by atoms with Crippen LogP contribution in [-0.2, 0) is 45.6 Å². The first kappa shape index (κ1) is 79.7. The number of rotatable bonds is 0. The zero-order valence-corrected chi connectivity index (χ0v) is 30.4. The normalized spacial score (nSPS) is 1.50. The minimum absolute atomic E-state index is 0.611. The molecule has 0 atom stereocenters. The molecule has 0 saturated heterocycles. The maximum absolute atomic E-state index is 8.28. The van der Waals surface area contributed by atoms with E-state index in [1.807, 2.05) is 0 Å². The Labute approximate surface area is 236 Å². The van der Waals surface area contributed by atoms with Gasteiger partial charge in [0.2, 0.25) is 0 Å². The fourth-order valence-corrected chi connectivity index (χ4v) is 0. The second-order valence-corrected chi connectivity index (χ2v) is 0. The first-order valence-electron chi connectivity index (χ1n) is 3.46. The fourth-order valence-electron chi connectivity index (χ4n) is 0. The van der Waals surface area contributed by atoms with Crippen molar-refractivity contribution >= 4 is 195 Å². The molecular formula is H12Al12O12. The van der Waals surface area contributed by atoms with Gasteiger partial charge in [-0.1, -0.05) is 0 Å². The average Bonchev–Trinajstić information content (AvgIpc) is 2.84. The molecule has 0 rings (SSSR count). The van der Waals surface area contributed by atoms with E-state index in [9.17, 15) is 0 Å². The molecule has 0 heterocycles. The van der Waals surface area contributed by atoms with Crippen LogP contribution in [0.3, 0.4) is 0 Å². The summed E-state index contributed by atoms with van der Waals surface area (Å²) in [5, 5.41) is 0. The van der Waals surface area contributed by atoms with Crippen LogP contribution in [0.15, 0.2) is 0 Å². The van der Waals surface area contributed by atoms with E-state index in [-0.39, 0.29) is 0 Å². The van der Waals surface area contributed by atoms with E-state index >= 15 is 0 Å². The van der Waals surface area contributed by atoms with E-state index in [4.69, 9.17) is 45.6 Å². The predicted octanol–water partition coefficient (Wildman–Crippen LogP) is -9.21. The summed E-state index contributed by atoms with van der Waals surface area (Å²) < 4.78 is 99.3. The molecule has 0 fully saturated rings. The third kappa shape index (κ3) is 1020. The van der Waals surface area contributed by atoms with Crippen molar-refractivity contribution in [1.29, 1.82) is 0 Å². The second kappa shape index (κ2) is 1150. The molecule has 0 N–H and O–H groups in total. The molecule has 0 spiro atoms. The topological polar surface area (TPSA) is 205 Å². The van der Waals surface area contributed by atoms with Gasteiger partial charge in [0.1, 0.15) is 0 Å². The van der Waals surface area contributed by atoms with Crippen LogP contribution >= 0.6 is 0 Å². The number of hydrogen-bond acceptors (Lipinski definition) is 12. The number of hydrogen-bond donors (Lipinski definition) is 0. The van der Waals surface area contributed by atoms with Crippen LogP contribution < -0.4 is 0 Å². The summed E-state index contributed by atoms with van der Waals surface area (Å²) in [4.78, 5) is 0. The summed E-state index contributed by atoms with van der Waals surface area (Å²) >= 11 is 7.33. The molecule has 120 valence electrons. The molecule has 24 heavy (non-hydrogen) atoms. The van der Waals surface area contributed by atoms with E-state index in [1.165, 1.54) is 0 Å². The zero-order valence-electron chi connectivity index (χ0n) is 13.4. The molecule has 24 heteroatoms. The SMILES string of the molecule is [O]=[AlH].[O]=[AlH].[O]=[AlH].[O]=[AlH].[O]=[AlH].[O]=[AlH].[O]=[AlH].[O]=[AlH].[O]=[AlH].[O]=[AlH].[O]=[AlH].[O]=[AlH]. The predicted molar refractivity (Wildman–Crippen MR) is 94.0 cm³/mol. The van der Waals surface area contributed by atoms with Crippen molar-refractivity contribution in [3.8, 4) is 0 Å². The van der Waals surface area contributed by atoms with Crippen LogP contribution in [-0.4, -0.2) is 195 Å². The molecule has 0 saturated carbocycles. The molecule has 12 nitrogen and oxygen atoms in total. The molecule has 0 unspecified atom stereocenters. The van der Waals surface area contributed by atoms with E-state index in [0.717, 1.165) is 0 Å². The van der Waals surface area contributed by atoms with Gasteiger partial charge in [-0.2, -0.15) is 0 Å². The van der Waals surface area contributed by atoms with E-state index in [2.05, 4.69) is 0 Å². The van der Waals surface area contributed by atoms with Gasteiger partial charge in [0.05, 0.1) is 0 Å². The molecular weight excluding hydrogens is 516 g/mol. The molecule has 0 aromatic heterocycles. The van der Waals surface area contributed by atoms with Gasteiger partial charge in [-0.05, 0) is 0 Å². The summed E-state index contributed by atoms with van der Waals surface area (Å²) in [6, 6.07) is 0. The van der Waals surface area contributed by atoms with Crippen molar-refractivity contribution in [2.45, 2.75) is 0 Å². The Morgan fingerprint density at radius 2 is 0.125 bits per heavy atom. The molecule has 0 radical (unpaired) electrons. The molecule has 0 aliphatic rings. The first-order chi connectivity index (χ1) is 12.0. The van der Waals surface area contributed by atoms with E-state index in [1.54, 1.807) is 0 Å². The summed E-state index contributed by atoms with van der Waals surface area (Å²) in [6.45, 7) is 0. The van der Waals surface area contributed by atoms with Crippen molar-refractivity contribution in [3.63, 3.8) is 0 Å². The summed E-state index contributed by atoms with van der Waals surface area (Å²) in [6.07, 6.45) is 0. The van der Waals surface area contributed by atoms with Crippen molar-refractivity contribution in [2.24, 2.45) is 0 Å². The standard InChI is InChI=1S/12Al.12O.12H. The monoisotopic (exact) mass is 528 g/mol. The zero-order chi connectivity index (χ0) is 24.0. The van der Waals surface area contributed by atoms with Crippen LogP contribution in [0.5, 0.6) is 0 Å². The van der Waals surface area contributed by atoms with Gasteiger partial charge in [-0.25, -0.2) is 0 Å². The van der Waals surface area contributed by atoms with Gasteiger partial charge in [-0.3, -0.25) is 0 Å². The fraction of sp³-hybridized carbons (Fsp3) is 0. The van der Waals surface area contributed by atoms with E-state index < -0.39 is 0 Å². The van der Waals surface area contributed by atoms with Gasteiger partial charge < -0.3 is 0 Å². The Kier molecular flexibility index (Phi) is 3810. The van der Waals surface area contributed by atoms with Crippen molar-refractivity contribution in [3.05, 3.63) is 0 Å². The van der Waals surface area contributed by atoms with Gasteiger partial charge in [0.25, 0.3) is 0 Å². The van der Waals surface area contributed by atoms with Crippen molar-refractivity contribution in [2.75, 3.05) is 0 Å². The average molecular weight is 528 g/mol. The Hall–Kier alpha value is 3.99. The van der Waals surface area contributed by atoms with E-state index in [0.29, 0.717) is 195 Å². The van der Waals surface area contributed by atoms with Gasteiger partial charge >= 0.3 is 240 Å². The molecule has 0 amide bonds. The second-order valence-electron chi connectivity index (χ2n) is 0. The summed E-state index contributed by atoms with van der Waals surface area (Å²) in [7, 11) is 0. The third-order valence-corrected chi connectivity index (χ3v) is 0. The van der Waals surface area contributed by atoms with Crippen molar-refractivity contribution < 1.29 is 45.6 Å². The Morgan fingerprint density at radius 3 is 0.125 bits per heavy atom. The molecule has 0 bridgehead atoms. The van der Waals surface area contributed by atoms with Crippen LogP contribution in [0.2, 0.25) is 0 Å². The Balaban J connectivity index is -0.00000000655. The third-order valence-electron chi connectivity index (χ3n) is 0. The maximum atomic E-state index is 8.28.